The number of nitro groups is 1. The van der Waals surface area contributed by atoms with Crippen LogP contribution in [0.5, 0.6) is 0 Å². The number of benzene rings is 3. The third-order valence-electron chi connectivity index (χ3n) is 5.28. The summed E-state index contributed by atoms with van der Waals surface area (Å²) in [7, 11) is 0. The lowest BCUT2D eigenvalue weighted by molar-refractivity contribution is -0.384. The van der Waals surface area contributed by atoms with Crippen LogP contribution < -0.4 is 5.32 Å². The molecule has 0 bridgehead atoms. The summed E-state index contributed by atoms with van der Waals surface area (Å²) in [6.45, 7) is 0. The van der Waals surface area contributed by atoms with Crippen molar-refractivity contribution in [2.45, 2.75) is 6.42 Å². The van der Waals surface area contributed by atoms with Crippen molar-refractivity contribution < 1.29 is 9.72 Å². The second-order valence-electron chi connectivity index (χ2n) is 7.08. The van der Waals surface area contributed by atoms with Gasteiger partial charge >= 0.3 is 0 Å². The van der Waals surface area contributed by atoms with E-state index < -0.39 is 4.92 Å². The van der Waals surface area contributed by atoms with E-state index in [0.717, 1.165) is 27.9 Å². The van der Waals surface area contributed by atoms with Crippen LogP contribution in [-0.4, -0.2) is 20.4 Å². The number of anilines is 1. The van der Waals surface area contributed by atoms with Gasteiger partial charge in [-0.2, -0.15) is 0 Å². The van der Waals surface area contributed by atoms with Gasteiger partial charge in [0.2, 0.25) is 0 Å². The Kier molecular flexibility index (Phi) is 4.14. The van der Waals surface area contributed by atoms with E-state index in [1.54, 1.807) is 30.7 Å². The Morgan fingerprint density at radius 3 is 2.73 bits per heavy atom. The molecule has 7 nitrogen and oxygen atoms in total. The molecule has 0 fully saturated rings. The Balaban J connectivity index is 1.45. The summed E-state index contributed by atoms with van der Waals surface area (Å²) in [6, 6.07) is 17.9. The van der Waals surface area contributed by atoms with Crippen molar-refractivity contribution in [1.29, 1.82) is 0 Å². The minimum atomic E-state index is -0.399. The highest BCUT2D eigenvalue weighted by Crippen LogP contribution is 2.40. The van der Waals surface area contributed by atoms with E-state index in [1.165, 1.54) is 6.07 Å². The number of nitro benzene ring substituents is 1. The second kappa shape index (κ2) is 6.97. The van der Waals surface area contributed by atoms with Gasteiger partial charge in [0, 0.05) is 41.5 Å². The number of aromatic nitrogens is 2. The van der Waals surface area contributed by atoms with Crippen LogP contribution in [0.25, 0.3) is 16.8 Å². The number of fused-ring (bicyclic) bond motifs is 3. The Bertz CT molecular complexity index is 1300. The van der Waals surface area contributed by atoms with E-state index in [2.05, 4.69) is 10.3 Å². The third kappa shape index (κ3) is 3.02. The molecule has 1 N–H and O–H groups in total. The maximum Gasteiger partial charge on any atom is 0.269 e. The maximum atomic E-state index is 13.1. The molecule has 3 aromatic carbocycles. The summed E-state index contributed by atoms with van der Waals surface area (Å²) in [6.07, 6.45) is 5.72. The number of non-ortho nitro benzene ring substituents is 1. The zero-order chi connectivity index (χ0) is 20.7. The van der Waals surface area contributed by atoms with Crippen molar-refractivity contribution >= 4 is 17.3 Å². The van der Waals surface area contributed by atoms with Crippen molar-refractivity contribution in [1.82, 2.24) is 9.55 Å². The molecule has 1 aliphatic rings. The van der Waals surface area contributed by atoms with Gasteiger partial charge in [-0.1, -0.05) is 18.2 Å². The number of nitrogens with zero attached hydrogens (tertiary/aromatic N) is 3. The predicted octanol–water partition coefficient (Wildman–Crippen LogP) is 4.60. The number of rotatable bonds is 4. The Hall–Kier alpha value is -4.26. The third-order valence-corrected chi connectivity index (χ3v) is 5.28. The first-order valence-corrected chi connectivity index (χ1v) is 9.39. The quantitative estimate of drug-likeness (QED) is 0.355. The zero-order valence-electron chi connectivity index (χ0n) is 15.8. The first-order chi connectivity index (χ1) is 14.6. The molecule has 0 saturated carbocycles. The Labute approximate surface area is 171 Å². The average Bonchev–Trinajstić information content (AvgIpc) is 3.41. The van der Waals surface area contributed by atoms with Gasteiger partial charge in [-0.25, -0.2) is 4.98 Å². The van der Waals surface area contributed by atoms with E-state index in [-0.39, 0.29) is 11.6 Å². The first-order valence-electron chi connectivity index (χ1n) is 9.39. The van der Waals surface area contributed by atoms with Crippen LogP contribution in [0.15, 0.2) is 79.4 Å². The summed E-state index contributed by atoms with van der Waals surface area (Å²) >= 11 is 0. The van der Waals surface area contributed by atoms with E-state index in [9.17, 15) is 14.9 Å². The molecule has 0 spiro atoms. The van der Waals surface area contributed by atoms with Crippen molar-refractivity contribution in [3.8, 4) is 16.8 Å². The molecule has 1 aliphatic carbocycles. The molecule has 4 aromatic rings. The molecule has 7 heteroatoms. The molecule has 0 saturated heterocycles. The molecule has 30 heavy (non-hydrogen) atoms. The van der Waals surface area contributed by atoms with Gasteiger partial charge in [0.15, 0.2) is 0 Å². The van der Waals surface area contributed by atoms with Crippen LogP contribution in [0, 0.1) is 10.1 Å². The molecule has 5 rings (SSSR count). The van der Waals surface area contributed by atoms with Gasteiger partial charge in [-0.15, -0.1) is 0 Å². The van der Waals surface area contributed by atoms with Gasteiger partial charge in [0.1, 0.15) is 0 Å². The molecule has 1 amide bonds. The fraction of sp³-hybridized carbons (Fsp3) is 0.0435. The highest BCUT2D eigenvalue weighted by molar-refractivity contribution is 6.07. The molecule has 0 unspecified atom stereocenters. The number of imidazole rings is 1. The monoisotopic (exact) mass is 396 g/mol. The fourth-order valence-electron chi connectivity index (χ4n) is 3.89. The number of hydrogen-bond donors (Lipinski definition) is 1. The molecular weight excluding hydrogens is 380 g/mol. The highest BCUT2D eigenvalue weighted by Gasteiger charge is 2.25. The van der Waals surface area contributed by atoms with Gasteiger partial charge in [-0.05, 0) is 59.0 Å². The SMILES string of the molecule is O=C(Nc1cccc(-n2ccnc2)c1)c1cccc2c1Cc1cc([N+](=O)[O-])ccc1-2. The molecule has 1 aromatic heterocycles. The smallest absolute Gasteiger partial charge is 0.269 e. The summed E-state index contributed by atoms with van der Waals surface area (Å²) in [5, 5.41) is 14.1. The molecule has 146 valence electrons. The van der Waals surface area contributed by atoms with E-state index >= 15 is 0 Å². The number of carbonyl (C=O) groups is 1. The largest absolute Gasteiger partial charge is 0.322 e. The minimum absolute atomic E-state index is 0.0591. The second-order valence-corrected chi connectivity index (χ2v) is 7.08. The van der Waals surface area contributed by atoms with Crippen LogP contribution >= 0.6 is 0 Å². The topological polar surface area (TPSA) is 90.1 Å². The van der Waals surface area contributed by atoms with Crippen LogP contribution in [0.1, 0.15) is 21.5 Å². The zero-order valence-corrected chi connectivity index (χ0v) is 15.8. The Morgan fingerprint density at radius 1 is 1.07 bits per heavy atom. The molecule has 0 aliphatic heterocycles. The highest BCUT2D eigenvalue weighted by atomic mass is 16.6. The first kappa shape index (κ1) is 17.8. The van der Waals surface area contributed by atoms with Crippen LogP contribution in [0.4, 0.5) is 11.4 Å². The van der Waals surface area contributed by atoms with Crippen molar-refractivity contribution in [2.75, 3.05) is 5.32 Å². The minimum Gasteiger partial charge on any atom is -0.322 e. The van der Waals surface area contributed by atoms with Gasteiger partial charge in [0.25, 0.3) is 11.6 Å². The summed E-state index contributed by atoms with van der Waals surface area (Å²) in [5.41, 5.74) is 5.83. The van der Waals surface area contributed by atoms with Crippen molar-refractivity contribution in [3.05, 3.63) is 106 Å². The molecule has 1 heterocycles. The summed E-state index contributed by atoms with van der Waals surface area (Å²) in [4.78, 5) is 27.8. The number of hydrogen-bond acceptors (Lipinski definition) is 4. The molecule has 0 atom stereocenters. The lowest BCUT2D eigenvalue weighted by Crippen LogP contribution is -2.14. The maximum absolute atomic E-state index is 13.1. The van der Waals surface area contributed by atoms with Crippen LogP contribution in [0.2, 0.25) is 0 Å². The van der Waals surface area contributed by atoms with Gasteiger partial charge in [0.05, 0.1) is 11.3 Å². The summed E-state index contributed by atoms with van der Waals surface area (Å²) in [5.74, 6) is -0.211. The standard InChI is InChI=1S/C23H16N4O3/c28-23(25-16-3-1-4-17(13-16)26-10-9-24-14-26)21-6-2-5-20-19-8-7-18(27(29)30)11-15(19)12-22(20)21/h1-11,13-14H,12H2,(H,25,28). The number of carbonyl (C=O) groups excluding carboxylic acids is 1. The van der Waals surface area contributed by atoms with E-state index in [0.29, 0.717) is 17.7 Å². The van der Waals surface area contributed by atoms with E-state index in [1.807, 2.05) is 47.2 Å². The van der Waals surface area contributed by atoms with Crippen molar-refractivity contribution in [2.24, 2.45) is 0 Å². The lowest BCUT2D eigenvalue weighted by atomic mass is 10.0. The number of nitrogens with one attached hydrogen (secondary N) is 1. The average molecular weight is 396 g/mol. The van der Waals surface area contributed by atoms with Crippen LogP contribution in [0.3, 0.4) is 0 Å². The van der Waals surface area contributed by atoms with Gasteiger partial charge < -0.3 is 9.88 Å². The van der Waals surface area contributed by atoms with Gasteiger partial charge in [-0.3, -0.25) is 14.9 Å². The Morgan fingerprint density at radius 2 is 1.93 bits per heavy atom. The van der Waals surface area contributed by atoms with Crippen molar-refractivity contribution in [3.63, 3.8) is 0 Å². The van der Waals surface area contributed by atoms with E-state index in [4.69, 9.17) is 0 Å². The molecule has 0 radical (unpaired) electrons. The summed E-state index contributed by atoms with van der Waals surface area (Å²) < 4.78 is 1.86. The normalized spacial score (nSPS) is 11.6. The number of amides is 1. The molecular formula is C23H16N4O3. The fourth-order valence-corrected chi connectivity index (χ4v) is 3.89. The van der Waals surface area contributed by atoms with Crippen LogP contribution in [-0.2, 0) is 6.42 Å². The predicted molar refractivity (Wildman–Crippen MR) is 113 cm³/mol. The lowest BCUT2D eigenvalue weighted by Gasteiger charge is -2.11.